The smallest absolute Gasteiger partial charge is 0.262 e. The molecule has 0 atom stereocenters. The number of benzene rings is 1. The molecule has 0 saturated carbocycles. The first-order chi connectivity index (χ1) is 14.6. The Hall–Kier alpha value is -2.45. The molecule has 3 aromatic rings. The number of allylic oxidation sites excluding steroid dienone is 2. The van der Waals surface area contributed by atoms with E-state index in [9.17, 15) is 9.59 Å². The van der Waals surface area contributed by atoms with Gasteiger partial charge in [0.1, 0.15) is 0 Å². The Kier molecular flexibility index (Phi) is 6.64. The molecule has 1 aromatic carbocycles. The number of rotatable bonds is 7. The highest BCUT2D eigenvalue weighted by molar-refractivity contribution is 7.99. The minimum absolute atomic E-state index is 0.0459. The minimum Gasteiger partial charge on any atom is -0.301 e. The van der Waals surface area contributed by atoms with Crippen molar-refractivity contribution in [2.24, 2.45) is 0 Å². The van der Waals surface area contributed by atoms with Crippen LogP contribution in [0.25, 0.3) is 10.9 Å². The van der Waals surface area contributed by atoms with Gasteiger partial charge in [-0.3, -0.25) is 14.2 Å². The van der Waals surface area contributed by atoms with E-state index in [1.807, 2.05) is 36.6 Å². The molecule has 0 aliphatic heterocycles. The van der Waals surface area contributed by atoms with Crippen LogP contribution in [0.5, 0.6) is 0 Å². The number of carbonyl (C=O) groups is 1. The van der Waals surface area contributed by atoms with Gasteiger partial charge in [-0.1, -0.05) is 35.5 Å². The first kappa shape index (κ1) is 20.8. The number of thioether (sulfide) groups is 1. The Morgan fingerprint density at radius 1 is 1.27 bits per heavy atom. The highest BCUT2D eigenvalue weighted by Crippen LogP contribution is 2.23. The average Bonchev–Trinajstić information content (AvgIpc) is 3.17. The monoisotopic (exact) mass is 440 g/mol. The van der Waals surface area contributed by atoms with Crippen molar-refractivity contribution in [1.82, 2.24) is 14.5 Å². The van der Waals surface area contributed by atoms with Crippen molar-refractivity contribution in [3.63, 3.8) is 0 Å². The maximum Gasteiger partial charge on any atom is 0.262 e. The fourth-order valence-corrected chi connectivity index (χ4v) is 5.07. The number of para-hydroxylation sites is 1. The van der Waals surface area contributed by atoms with E-state index in [1.165, 1.54) is 41.5 Å². The SMILES string of the molecule is Cc1csc(NC(=O)CSc2nc3ccccc3c(=O)n2CCC2=CCCCC2)n1. The van der Waals surface area contributed by atoms with E-state index >= 15 is 0 Å². The van der Waals surface area contributed by atoms with Crippen LogP contribution in [0.4, 0.5) is 5.13 Å². The van der Waals surface area contributed by atoms with E-state index in [0.717, 1.165) is 25.0 Å². The summed E-state index contributed by atoms with van der Waals surface area (Å²) in [6, 6.07) is 7.38. The van der Waals surface area contributed by atoms with Gasteiger partial charge in [0.25, 0.3) is 5.56 Å². The molecule has 8 heteroatoms. The number of nitrogens with zero attached hydrogens (tertiary/aromatic N) is 3. The van der Waals surface area contributed by atoms with Crippen molar-refractivity contribution in [1.29, 1.82) is 0 Å². The molecule has 156 valence electrons. The lowest BCUT2D eigenvalue weighted by Gasteiger charge is -2.16. The van der Waals surface area contributed by atoms with Crippen LogP contribution in [0.15, 0.2) is 51.2 Å². The molecule has 0 fully saturated rings. The molecule has 0 spiro atoms. The van der Waals surface area contributed by atoms with Gasteiger partial charge in [0.15, 0.2) is 10.3 Å². The van der Waals surface area contributed by atoms with Crippen LogP contribution in [0, 0.1) is 6.92 Å². The molecule has 0 bridgehead atoms. The van der Waals surface area contributed by atoms with Crippen molar-refractivity contribution < 1.29 is 4.79 Å². The van der Waals surface area contributed by atoms with Crippen LogP contribution in [-0.4, -0.2) is 26.2 Å². The van der Waals surface area contributed by atoms with Crippen molar-refractivity contribution in [3.8, 4) is 0 Å². The van der Waals surface area contributed by atoms with E-state index in [2.05, 4.69) is 16.4 Å². The van der Waals surface area contributed by atoms with E-state index in [0.29, 0.717) is 27.7 Å². The molecule has 1 aliphatic rings. The normalized spacial score (nSPS) is 14.0. The second kappa shape index (κ2) is 9.57. The zero-order valence-corrected chi connectivity index (χ0v) is 18.5. The minimum atomic E-state index is -0.154. The summed E-state index contributed by atoms with van der Waals surface area (Å²) in [5.74, 6) is 0.0184. The molecule has 1 amide bonds. The molecule has 2 aromatic heterocycles. The summed E-state index contributed by atoms with van der Waals surface area (Å²) in [6.45, 7) is 2.47. The summed E-state index contributed by atoms with van der Waals surface area (Å²) in [7, 11) is 0. The van der Waals surface area contributed by atoms with Gasteiger partial charge < -0.3 is 5.32 Å². The van der Waals surface area contributed by atoms with Crippen molar-refractivity contribution >= 4 is 45.0 Å². The van der Waals surface area contributed by atoms with Crippen LogP contribution < -0.4 is 10.9 Å². The fourth-order valence-electron chi connectivity index (χ4n) is 3.54. The third-order valence-electron chi connectivity index (χ3n) is 5.07. The van der Waals surface area contributed by atoms with Gasteiger partial charge >= 0.3 is 0 Å². The second-order valence-electron chi connectivity index (χ2n) is 7.36. The fraction of sp³-hybridized carbons (Fsp3) is 0.364. The number of hydrogen-bond donors (Lipinski definition) is 1. The number of amides is 1. The third-order valence-corrected chi connectivity index (χ3v) is 6.92. The van der Waals surface area contributed by atoms with Gasteiger partial charge in [-0.25, -0.2) is 9.97 Å². The standard InChI is InChI=1S/C22H24N4O2S2/c1-15-13-29-21(23-15)25-19(27)14-30-22-24-18-10-6-5-9-17(18)20(28)26(22)12-11-16-7-3-2-4-8-16/h5-7,9-10,13H,2-4,8,11-12,14H2,1H3,(H,23,25,27). The van der Waals surface area contributed by atoms with Crippen molar-refractivity contribution in [3.05, 3.63) is 57.3 Å². The highest BCUT2D eigenvalue weighted by atomic mass is 32.2. The molecule has 2 heterocycles. The lowest BCUT2D eigenvalue weighted by molar-refractivity contribution is -0.113. The van der Waals surface area contributed by atoms with Crippen LogP contribution in [0.2, 0.25) is 0 Å². The number of carbonyl (C=O) groups excluding carboxylic acids is 1. The summed E-state index contributed by atoms with van der Waals surface area (Å²) in [4.78, 5) is 34.5. The Bertz CT molecular complexity index is 1150. The molecule has 0 saturated heterocycles. The second-order valence-corrected chi connectivity index (χ2v) is 9.16. The predicted molar refractivity (Wildman–Crippen MR) is 123 cm³/mol. The Balaban J connectivity index is 1.54. The lowest BCUT2D eigenvalue weighted by Crippen LogP contribution is -2.24. The van der Waals surface area contributed by atoms with Gasteiger partial charge in [0.05, 0.1) is 22.3 Å². The molecule has 1 aliphatic carbocycles. The van der Waals surface area contributed by atoms with Crippen molar-refractivity contribution in [2.45, 2.75) is 50.7 Å². The van der Waals surface area contributed by atoms with E-state index < -0.39 is 0 Å². The Morgan fingerprint density at radius 3 is 2.90 bits per heavy atom. The van der Waals surface area contributed by atoms with Crippen LogP contribution in [0.3, 0.4) is 0 Å². The van der Waals surface area contributed by atoms with Crippen LogP contribution in [0.1, 0.15) is 37.8 Å². The van der Waals surface area contributed by atoms with Gasteiger partial charge in [-0.05, 0) is 51.2 Å². The van der Waals surface area contributed by atoms with Crippen LogP contribution >= 0.6 is 23.1 Å². The number of aryl methyl sites for hydroxylation is 1. The summed E-state index contributed by atoms with van der Waals surface area (Å²) >= 11 is 2.70. The first-order valence-electron chi connectivity index (χ1n) is 10.1. The molecule has 0 unspecified atom stereocenters. The predicted octanol–water partition coefficient (Wildman–Crippen LogP) is 4.78. The maximum absolute atomic E-state index is 13.1. The van der Waals surface area contributed by atoms with Crippen LogP contribution in [-0.2, 0) is 11.3 Å². The zero-order valence-electron chi connectivity index (χ0n) is 16.9. The molecular weight excluding hydrogens is 416 g/mol. The number of anilines is 1. The number of fused-ring (bicyclic) bond motifs is 1. The molecule has 1 N–H and O–H groups in total. The summed E-state index contributed by atoms with van der Waals surface area (Å²) in [5, 5.41) is 6.49. The summed E-state index contributed by atoms with van der Waals surface area (Å²) in [5.41, 5.74) is 2.91. The highest BCUT2D eigenvalue weighted by Gasteiger charge is 2.15. The molecule has 4 rings (SSSR count). The largest absolute Gasteiger partial charge is 0.301 e. The molecule has 30 heavy (non-hydrogen) atoms. The third kappa shape index (κ3) is 4.99. The van der Waals surface area contributed by atoms with E-state index in [1.54, 1.807) is 4.57 Å². The maximum atomic E-state index is 13.1. The number of thiazole rings is 1. The molecule has 6 nitrogen and oxygen atoms in total. The van der Waals surface area contributed by atoms with E-state index in [-0.39, 0.29) is 17.2 Å². The average molecular weight is 441 g/mol. The van der Waals surface area contributed by atoms with Gasteiger partial charge in [0, 0.05) is 11.9 Å². The van der Waals surface area contributed by atoms with Gasteiger partial charge in [-0.15, -0.1) is 11.3 Å². The van der Waals surface area contributed by atoms with E-state index in [4.69, 9.17) is 4.98 Å². The topological polar surface area (TPSA) is 76.9 Å². The summed E-state index contributed by atoms with van der Waals surface area (Å²) in [6.07, 6.45) is 7.84. The van der Waals surface area contributed by atoms with Crippen molar-refractivity contribution in [2.75, 3.05) is 11.1 Å². The quantitative estimate of drug-likeness (QED) is 0.325. The number of nitrogens with one attached hydrogen (secondary N) is 1. The van der Waals surface area contributed by atoms with Gasteiger partial charge in [-0.2, -0.15) is 0 Å². The zero-order chi connectivity index (χ0) is 20.9. The summed E-state index contributed by atoms with van der Waals surface area (Å²) < 4.78 is 1.73. The van der Waals surface area contributed by atoms with Gasteiger partial charge in [0.2, 0.25) is 5.91 Å². The number of aromatic nitrogens is 3. The first-order valence-corrected chi connectivity index (χ1v) is 12.0. The Labute approximate surface area is 183 Å². The molecule has 0 radical (unpaired) electrons. The lowest BCUT2D eigenvalue weighted by atomic mass is 9.97. The number of hydrogen-bond acceptors (Lipinski definition) is 6. The Morgan fingerprint density at radius 2 is 2.13 bits per heavy atom. The molecular formula is C22H24N4O2S2.